The second-order valence-electron chi connectivity index (χ2n) is 6.71. The monoisotopic (exact) mass is 348 g/mol. The summed E-state index contributed by atoms with van der Waals surface area (Å²) in [5.74, 6) is 0.668. The Morgan fingerprint density at radius 3 is 2.96 bits per heavy atom. The fourth-order valence-corrected chi connectivity index (χ4v) is 3.43. The molecule has 26 heavy (non-hydrogen) atoms. The highest BCUT2D eigenvalue weighted by atomic mass is 16.5. The van der Waals surface area contributed by atoms with Crippen molar-refractivity contribution in [3.63, 3.8) is 0 Å². The highest BCUT2D eigenvalue weighted by Crippen LogP contribution is 2.26. The second-order valence-corrected chi connectivity index (χ2v) is 6.71. The summed E-state index contributed by atoms with van der Waals surface area (Å²) < 4.78 is 5.82. The number of imidazole rings is 1. The molecule has 3 heterocycles. The van der Waals surface area contributed by atoms with Gasteiger partial charge >= 0.3 is 0 Å². The van der Waals surface area contributed by atoms with Crippen LogP contribution in [0.15, 0.2) is 55.0 Å². The van der Waals surface area contributed by atoms with Gasteiger partial charge < -0.3 is 15.0 Å². The molecule has 1 aliphatic rings. The molecule has 0 fully saturated rings. The van der Waals surface area contributed by atoms with Gasteiger partial charge in [-0.15, -0.1) is 0 Å². The Kier molecular flexibility index (Phi) is 5.14. The lowest BCUT2D eigenvalue weighted by Gasteiger charge is -2.27. The summed E-state index contributed by atoms with van der Waals surface area (Å²) in [6.07, 6.45) is 9.18. The molecule has 2 N–H and O–H groups in total. The molecule has 1 atom stereocenters. The van der Waals surface area contributed by atoms with Gasteiger partial charge in [0, 0.05) is 17.8 Å². The first kappa shape index (κ1) is 16.6. The number of para-hydroxylation sites is 1. The molecule has 3 aromatic rings. The van der Waals surface area contributed by atoms with Crippen LogP contribution in [0.2, 0.25) is 0 Å². The van der Waals surface area contributed by atoms with Crippen LogP contribution < -0.4 is 10.1 Å². The number of H-pyrrole nitrogens is 1. The van der Waals surface area contributed by atoms with Crippen molar-refractivity contribution >= 4 is 5.69 Å². The number of benzene rings is 1. The molecule has 1 unspecified atom stereocenters. The molecule has 0 saturated carbocycles. The first-order chi connectivity index (χ1) is 12.9. The molecular formula is C21H24N4O. The van der Waals surface area contributed by atoms with Gasteiger partial charge in [0.15, 0.2) is 0 Å². The van der Waals surface area contributed by atoms with Crippen LogP contribution in [0.1, 0.15) is 31.2 Å². The normalized spacial score (nSPS) is 15.9. The molecule has 0 radical (unpaired) electrons. The minimum absolute atomic E-state index is 0.576. The Hall–Kier alpha value is -2.82. The zero-order valence-electron chi connectivity index (χ0n) is 14.8. The zero-order valence-corrected chi connectivity index (χ0v) is 14.8. The predicted molar refractivity (Wildman–Crippen MR) is 103 cm³/mol. The van der Waals surface area contributed by atoms with Gasteiger partial charge in [-0.3, -0.25) is 0 Å². The number of hydrogen-bond acceptors (Lipinski definition) is 4. The molecule has 1 aromatic carbocycles. The van der Waals surface area contributed by atoms with Crippen LogP contribution in [-0.2, 0) is 6.42 Å². The largest absolute Gasteiger partial charge is 0.478 e. The molecule has 5 nitrogen and oxygen atoms in total. The van der Waals surface area contributed by atoms with Crippen molar-refractivity contribution in [3.05, 3.63) is 60.6 Å². The lowest BCUT2D eigenvalue weighted by atomic mass is 9.95. The van der Waals surface area contributed by atoms with Crippen LogP contribution in [0, 0.1) is 0 Å². The molecule has 2 aromatic heterocycles. The second kappa shape index (κ2) is 8.04. The van der Waals surface area contributed by atoms with Crippen molar-refractivity contribution in [1.82, 2.24) is 15.0 Å². The molecule has 134 valence electrons. The van der Waals surface area contributed by atoms with Crippen molar-refractivity contribution in [2.75, 3.05) is 11.9 Å². The van der Waals surface area contributed by atoms with E-state index < -0.39 is 0 Å². The van der Waals surface area contributed by atoms with E-state index in [4.69, 9.17) is 4.74 Å². The number of pyridine rings is 1. The lowest BCUT2D eigenvalue weighted by Crippen LogP contribution is -2.25. The highest BCUT2D eigenvalue weighted by Gasteiger charge is 2.16. The number of nitrogens with zero attached hydrogens (tertiary/aromatic N) is 2. The number of hydrogen-bond donors (Lipinski definition) is 2. The van der Waals surface area contributed by atoms with Crippen LogP contribution in [0.25, 0.3) is 11.4 Å². The third-order valence-corrected chi connectivity index (χ3v) is 4.83. The summed E-state index contributed by atoms with van der Waals surface area (Å²) in [4.78, 5) is 11.6. The minimum atomic E-state index is 0.576. The Morgan fingerprint density at radius 1 is 1.08 bits per heavy atom. The van der Waals surface area contributed by atoms with Crippen LogP contribution in [0.5, 0.6) is 5.88 Å². The Balaban J connectivity index is 1.20. The Bertz CT molecular complexity index is 832. The topological polar surface area (TPSA) is 62.8 Å². The summed E-state index contributed by atoms with van der Waals surface area (Å²) in [5.41, 5.74) is 4.50. The van der Waals surface area contributed by atoms with Crippen LogP contribution in [-0.4, -0.2) is 27.6 Å². The standard InChI is InChI=1S/C21H24N4O/c1-2-8-18-16(6-1)11-12-17(24-18)7-3-4-13-26-21-10-5-9-19(25-21)20-14-22-15-23-20/h1-2,5-6,8-10,14-15,17,24H,3-4,7,11-13H2,(H,22,23). The Morgan fingerprint density at radius 2 is 2.04 bits per heavy atom. The molecular weight excluding hydrogens is 324 g/mol. The van der Waals surface area contributed by atoms with E-state index in [0.29, 0.717) is 18.5 Å². The molecule has 0 aliphatic carbocycles. The van der Waals surface area contributed by atoms with E-state index in [9.17, 15) is 0 Å². The van der Waals surface area contributed by atoms with Gasteiger partial charge in [-0.05, 0) is 49.8 Å². The van der Waals surface area contributed by atoms with Gasteiger partial charge in [-0.25, -0.2) is 9.97 Å². The molecule has 5 heteroatoms. The minimum Gasteiger partial charge on any atom is -0.478 e. The highest BCUT2D eigenvalue weighted by molar-refractivity contribution is 5.54. The van der Waals surface area contributed by atoms with E-state index >= 15 is 0 Å². The average molecular weight is 348 g/mol. The number of ether oxygens (including phenoxy) is 1. The number of nitrogens with one attached hydrogen (secondary N) is 2. The van der Waals surface area contributed by atoms with E-state index in [1.54, 1.807) is 12.5 Å². The number of aryl methyl sites for hydroxylation is 1. The van der Waals surface area contributed by atoms with Gasteiger partial charge in [0.05, 0.1) is 30.5 Å². The number of unbranched alkanes of at least 4 members (excludes halogenated alkanes) is 1. The molecule has 0 bridgehead atoms. The fourth-order valence-electron chi connectivity index (χ4n) is 3.43. The first-order valence-corrected chi connectivity index (χ1v) is 9.31. The van der Waals surface area contributed by atoms with Crippen molar-refractivity contribution < 1.29 is 4.74 Å². The van der Waals surface area contributed by atoms with Crippen molar-refractivity contribution in [3.8, 4) is 17.3 Å². The molecule has 1 aliphatic heterocycles. The van der Waals surface area contributed by atoms with Crippen LogP contribution in [0.3, 0.4) is 0 Å². The van der Waals surface area contributed by atoms with Crippen LogP contribution >= 0.6 is 0 Å². The molecule has 0 saturated heterocycles. The number of aromatic amines is 1. The maximum Gasteiger partial charge on any atom is 0.213 e. The van der Waals surface area contributed by atoms with Crippen LogP contribution in [0.4, 0.5) is 5.69 Å². The SMILES string of the molecule is c1cc(OCCCCC2CCc3ccccc3N2)nc(-c2cnc[nH]2)c1. The first-order valence-electron chi connectivity index (χ1n) is 9.31. The molecule has 4 rings (SSSR count). The number of aromatic nitrogens is 3. The summed E-state index contributed by atoms with van der Waals surface area (Å²) in [6, 6.07) is 15.0. The predicted octanol–water partition coefficient (Wildman–Crippen LogP) is 4.45. The molecule has 0 spiro atoms. The van der Waals surface area contributed by atoms with Crippen molar-refractivity contribution in [2.24, 2.45) is 0 Å². The number of fused-ring (bicyclic) bond motifs is 1. The number of anilines is 1. The fraction of sp³-hybridized carbons (Fsp3) is 0.333. The zero-order chi connectivity index (χ0) is 17.6. The smallest absolute Gasteiger partial charge is 0.213 e. The third-order valence-electron chi connectivity index (χ3n) is 4.83. The maximum absolute atomic E-state index is 5.82. The van der Waals surface area contributed by atoms with E-state index in [1.165, 1.54) is 30.5 Å². The summed E-state index contributed by atoms with van der Waals surface area (Å²) in [6.45, 7) is 0.697. The third kappa shape index (κ3) is 4.04. The summed E-state index contributed by atoms with van der Waals surface area (Å²) >= 11 is 0. The summed E-state index contributed by atoms with van der Waals surface area (Å²) in [5, 5.41) is 3.67. The molecule has 0 amide bonds. The van der Waals surface area contributed by atoms with Gasteiger partial charge in [0.2, 0.25) is 5.88 Å². The van der Waals surface area contributed by atoms with Crippen molar-refractivity contribution in [1.29, 1.82) is 0 Å². The average Bonchev–Trinajstić information content (AvgIpc) is 3.23. The van der Waals surface area contributed by atoms with E-state index in [2.05, 4.69) is 44.5 Å². The van der Waals surface area contributed by atoms with Gasteiger partial charge in [-0.2, -0.15) is 0 Å². The van der Waals surface area contributed by atoms with Crippen molar-refractivity contribution in [2.45, 2.75) is 38.1 Å². The summed E-state index contributed by atoms with van der Waals surface area (Å²) in [7, 11) is 0. The maximum atomic E-state index is 5.82. The lowest BCUT2D eigenvalue weighted by molar-refractivity contribution is 0.292. The van der Waals surface area contributed by atoms with Gasteiger partial charge in [0.25, 0.3) is 0 Å². The Labute approximate surface area is 153 Å². The number of rotatable bonds is 7. The van der Waals surface area contributed by atoms with Gasteiger partial charge in [0.1, 0.15) is 0 Å². The van der Waals surface area contributed by atoms with E-state index in [0.717, 1.165) is 24.2 Å². The van der Waals surface area contributed by atoms with Gasteiger partial charge in [-0.1, -0.05) is 24.3 Å². The van der Waals surface area contributed by atoms with E-state index in [-0.39, 0.29) is 0 Å². The quantitative estimate of drug-likeness (QED) is 0.619. The van der Waals surface area contributed by atoms with E-state index in [1.807, 2.05) is 18.2 Å².